The third kappa shape index (κ3) is 14.2. The second-order valence-electron chi connectivity index (χ2n) is 9.57. The van der Waals surface area contributed by atoms with E-state index in [0.29, 0.717) is 6.42 Å². The van der Waals surface area contributed by atoms with Crippen molar-refractivity contribution >= 4 is 30.2 Å². The minimum Gasteiger partial charge on any atom is -0.423 e. The normalized spacial score (nSPS) is 9.59. The lowest BCUT2D eigenvalue weighted by atomic mass is 9.99. The molecule has 0 radical (unpaired) electrons. The average Bonchev–Trinajstić information content (AvgIpc) is 3.09. The van der Waals surface area contributed by atoms with Gasteiger partial charge in [0, 0.05) is 36.2 Å². The fraction of sp³-hybridized carbons (Fsp3) is 0.256. The summed E-state index contributed by atoms with van der Waals surface area (Å²) in [6.07, 6.45) is 0.629. The number of aryl methyl sites for hydroxylation is 2. The predicted molar refractivity (Wildman–Crippen MR) is 188 cm³/mol. The van der Waals surface area contributed by atoms with Gasteiger partial charge in [0.1, 0.15) is 19.2 Å². The van der Waals surface area contributed by atoms with E-state index in [4.69, 9.17) is 14.0 Å². The molecule has 246 valence electrons. The summed E-state index contributed by atoms with van der Waals surface area (Å²) in [6.45, 7) is 17.8. The summed E-state index contributed by atoms with van der Waals surface area (Å²) in [5.74, 6) is -3.10. The number of benzene rings is 4. The standard InChI is InChI=1S/C19H16F2O2.C14H15N.2C2H6.2CH2O/c1-12-3-5-13(6-4-12)9-14-7-8-17-15(10-14)16(19(2,20)21)11-18(22)23-17;1-12-6-5-9-14(10-12)15-11-13-7-3-2-4-8-13;4*1-2/h3-8,10-11H,9H2,1-2H3;2-10,15H,11H2,1H3;2*1-2H3;2*1H2. The summed E-state index contributed by atoms with van der Waals surface area (Å²) in [5.41, 5.74) is 6.04. The Kier molecular flexibility index (Phi) is 20.2. The number of fused-ring (bicyclic) bond motifs is 1. The number of carbonyl (C=O) groups excluding carboxylic acids is 2. The molecule has 46 heavy (non-hydrogen) atoms. The first-order valence-electron chi connectivity index (χ1n) is 15.1. The van der Waals surface area contributed by atoms with E-state index < -0.39 is 11.5 Å². The number of nitrogens with one attached hydrogen (secondary N) is 1. The fourth-order valence-electron chi connectivity index (χ4n) is 4.18. The van der Waals surface area contributed by atoms with Crippen LogP contribution in [0.2, 0.25) is 0 Å². The molecular formula is C39H47F2NO4. The van der Waals surface area contributed by atoms with Crippen LogP contribution in [0.5, 0.6) is 0 Å². The molecule has 0 unspecified atom stereocenters. The molecule has 5 aromatic rings. The summed E-state index contributed by atoms with van der Waals surface area (Å²) in [7, 11) is 0. The summed E-state index contributed by atoms with van der Waals surface area (Å²) < 4.78 is 32.6. The number of anilines is 1. The summed E-state index contributed by atoms with van der Waals surface area (Å²) in [4.78, 5) is 27.5. The van der Waals surface area contributed by atoms with E-state index in [0.717, 1.165) is 30.7 Å². The highest BCUT2D eigenvalue weighted by Crippen LogP contribution is 2.32. The molecule has 4 aromatic carbocycles. The Balaban J connectivity index is 0.000000762. The van der Waals surface area contributed by atoms with E-state index in [9.17, 15) is 13.6 Å². The minimum atomic E-state index is -3.10. The topological polar surface area (TPSA) is 76.4 Å². The molecule has 0 amide bonds. The number of halogens is 2. The molecule has 1 aromatic heterocycles. The van der Waals surface area contributed by atoms with Crippen molar-refractivity contribution in [2.24, 2.45) is 0 Å². The van der Waals surface area contributed by atoms with E-state index in [1.807, 2.05) is 78.5 Å². The monoisotopic (exact) mass is 631 g/mol. The van der Waals surface area contributed by atoms with Crippen molar-refractivity contribution < 1.29 is 22.8 Å². The molecule has 0 saturated carbocycles. The van der Waals surface area contributed by atoms with Crippen LogP contribution < -0.4 is 10.9 Å². The molecule has 1 heterocycles. The predicted octanol–water partition coefficient (Wildman–Crippen LogP) is 10.1. The van der Waals surface area contributed by atoms with Crippen molar-refractivity contribution in [3.05, 3.63) is 147 Å². The maximum atomic E-state index is 13.8. The van der Waals surface area contributed by atoms with Gasteiger partial charge in [-0.2, -0.15) is 0 Å². The van der Waals surface area contributed by atoms with Gasteiger partial charge in [-0.05, 0) is 66.8 Å². The van der Waals surface area contributed by atoms with Gasteiger partial charge < -0.3 is 19.3 Å². The largest absolute Gasteiger partial charge is 0.423 e. The van der Waals surface area contributed by atoms with Crippen LogP contribution in [-0.4, -0.2) is 13.6 Å². The highest BCUT2D eigenvalue weighted by Gasteiger charge is 2.28. The van der Waals surface area contributed by atoms with Crippen LogP contribution in [0, 0.1) is 13.8 Å². The van der Waals surface area contributed by atoms with Gasteiger partial charge in [-0.25, -0.2) is 13.6 Å². The molecular weight excluding hydrogens is 584 g/mol. The molecule has 0 aliphatic rings. The van der Waals surface area contributed by atoms with Gasteiger partial charge in [-0.1, -0.05) is 106 Å². The van der Waals surface area contributed by atoms with Gasteiger partial charge in [0.05, 0.1) is 0 Å². The van der Waals surface area contributed by atoms with E-state index in [-0.39, 0.29) is 16.5 Å². The highest BCUT2D eigenvalue weighted by atomic mass is 19.3. The van der Waals surface area contributed by atoms with Crippen molar-refractivity contribution in [1.29, 1.82) is 0 Å². The number of rotatable bonds is 6. The lowest BCUT2D eigenvalue weighted by Crippen LogP contribution is -2.12. The second-order valence-corrected chi connectivity index (χ2v) is 9.57. The number of hydrogen-bond acceptors (Lipinski definition) is 5. The van der Waals surface area contributed by atoms with Crippen molar-refractivity contribution in [2.75, 3.05) is 5.32 Å². The Morgan fingerprint density at radius 1 is 0.674 bits per heavy atom. The lowest BCUT2D eigenvalue weighted by Gasteiger charge is -2.13. The van der Waals surface area contributed by atoms with Crippen LogP contribution in [0.4, 0.5) is 14.5 Å². The van der Waals surface area contributed by atoms with Gasteiger partial charge in [-0.15, -0.1) is 0 Å². The van der Waals surface area contributed by atoms with Crippen molar-refractivity contribution in [1.82, 2.24) is 0 Å². The molecule has 0 atom stereocenters. The van der Waals surface area contributed by atoms with Gasteiger partial charge in [0.25, 0.3) is 5.92 Å². The Bertz CT molecular complexity index is 1590. The minimum absolute atomic E-state index is 0.182. The van der Waals surface area contributed by atoms with Gasteiger partial charge in [0.2, 0.25) is 0 Å². The van der Waals surface area contributed by atoms with Crippen LogP contribution in [0.1, 0.15) is 68.0 Å². The number of alkyl halides is 2. The van der Waals surface area contributed by atoms with E-state index in [2.05, 4.69) is 60.8 Å². The quantitative estimate of drug-likeness (QED) is 0.189. The third-order valence-electron chi connectivity index (χ3n) is 6.17. The second kappa shape index (κ2) is 22.6. The van der Waals surface area contributed by atoms with Gasteiger partial charge in [0.15, 0.2) is 0 Å². The van der Waals surface area contributed by atoms with Crippen LogP contribution in [0.3, 0.4) is 0 Å². The van der Waals surface area contributed by atoms with Crippen LogP contribution >= 0.6 is 0 Å². The summed E-state index contributed by atoms with van der Waals surface area (Å²) >= 11 is 0. The van der Waals surface area contributed by atoms with E-state index in [1.54, 1.807) is 18.2 Å². The molecule has 0 fully saturated rings. The SMILES string of the molecule is C=O.C=O.CC.CC.Cc1ccc(Cc2ccc3oc(=O)cc(C(C)(F)F)c3c2)cc1.Cc1cccc(NCc2ccccc2)c1. The van der Waals surface area contributed by atoms with E-state index in [1.165, 1.54) is 22.4 Å². The Morgan fingerprint density at radius 2 is 1.26 bits per heavy atom. The van der Waals surface area contributed by atoms with E-state index >= 15 is 0 Å². The van der Waals surface area contributed by atoms with Crippen LogP contribution in [-0.2, 0) is 28.5 Å². The molecule has 0 aliphatic heterocycles. The average molecular weight is 632 g/mol. The molecule has 5 rings (SSSR count). The Morgan fingerprint density at radius 3 is 1.83 bits per heavy atom. The third-order valence-corrected chi connectivity index (χ3v) is 6.17. The fourth-order valence-corrected chi connectivity index (χ4v) is 4.18. The zero-order chi connectivity index (χ0) is 35.1. The lowest BCUT2D eigenvalue weighted by molar-refractivity contribution is -0.0987. The molecule has 0 spiro atoms. The van der Waals surface area contributed by atoms with Crippen molar-refractivity contribution in [2.45, 2.75) is 67.4 Å². The first-order chi connectivity index (χ1) is 22.2. The Hall–Kier alpha value is -4.91. The molecule has 7 heteroatoms. The van der Waals surface area contributed by atoms with Gasteiger partial charge in [-0.3, -0.25) is 0 Å². The molecule has 0 saturated heterocycles. The molecule has 0 bridgehead atoms. The first-order valence-corrected chi connectivity index (χ1v) is 15.1. The van der Waals surface area contributed by atoms with Crippen LogP contribution in [0.15, 0.2) is 112 Å². The zero-order valence-electron chi connectivity index (χ0n) is 28.0. The summed E-state index contributed by atoms with van der Waals surface area (Å²) in [5, 5.41) is 3.68. The maximum absolute atomic E-state index is 13.8. The highest BCUT2D eigenvalue weighted by molar-refractivity contribution is 5.81. The Labute approximate surface area is 272 Å². The molecule has 5 nitrogen and oxygen atoms in total. The van der Waals surface area contributed by atoms with Crippen molar-refractivity contribution in [3.63, 3.8) is 0 Å². The molecule has 1 N–H and O–H groups in total. The molecule has 0 aliphatic carbocycles. The summed E-state index contributed by atoms with van der Waals surface area (Å²) in [6, 6.07) is 32.8. The maximum Gasteiger partial charge on any atom is 0.336 e. The number of carbonyl (C=O) groups is 2. The number of hydrogen-bond donors (Lipinski definition) is 1. The van der Waals surface area contributed by atoms with Crippen LogP contribution in [0.25, 0.3) is 11.0 Å². The first kappa shape index (κ1) is 41.1. The zero-order valence-corrected chi connectivity index (χ0v) is 28.0. The van der Waals surface area contributed by atoms with Crippen molar-refractivity contribution in [3.8, 4) is 0 Å². The smallest absolute Gasteiger partial charge is 0.336 e. The van der Waals surface area contributed by atoms with Gasteiger partial charge >= 0.3 is 5.63 Å².